The Bertz CT molecular complexity index is 767. The normalized spacial score (nSPS) is 14.9. The molecule has 0 aromatic heterocycles. The predicted octanol–water partition coefficient (Wildman–Crippen LogP) is 4.41. The second kappa shape index (κ2) is 8.56. The molecule has 1 saturated heterocycles. The molecule has 2 aromatic carbocycles. The lowest BCUT2D eigenvalue weighted by molar-refractivity contribution is -0.133. The number of piperidine rings is 1. The van der Waals surface area contributed by atoms with Crippen LogP contribution in [-0.4, -0.2) is 29.8 Å². The lowest BCUT2D eigenvalue weighted by atomic mass is 9.95. The van der Waals surface area contributed by atoms with E-state index in [0.29, 0.717) is 48.1 Å². The van der Waals surface area contributed by atoms with Gasteiger partial charge in [-0.15, -0.1) is 0 Å². The van der Waals surface area contributed by atoms with E-state index in [1.54, 1.807) is 18.2 Å². The minimum absolute atomic E-state index is 0.101. The quantitative estimate of drug-likeness (QED) is 0.839. The largest absolute Gasteiger partial charge is 0.342 e. The molecular weight excluding hydrogens is 371 g/mol. The minimum atomic E-state index is -0.150. The second-order valence-electron chi connectivity index (χ2n) is 6.40. The van der Waals surface area contributed by atoms with Crippen molar-refractivity contribution in [3.05, 3.63) is 64.1 Å². The van der Waals surface area contributed by atoms with E-state index in [4.69, 9.17) is 23.2 Å². The van der Waals surface area contributed by atoms with Crippen molar-refractivity contribution in [2.45, 2.75) is 19.3 Å². The number of hydrogen-bond donors (Lipinski definition) is 1. The number of para-hydroxylation sites is 1. The minimum Gasteiger partial charge on any atom is -0.342 e. The van der Waals surface area contributed by atoms with Crippen LogP contribution in [0.2, 0.25) is 10.0 Å². The monoisotopic (exact) mass is 390 g/mol. The fourth-order valence-electron chi connectivity index (χ4n) is 3.12. The van der Waals surface area contributed by atoms with E-state index in [2.05, 4.69) is 5.32 Å². The molecule has 1 heterocycles. The molecule has 3 rings (SSSR count). The van der Waals surface area contributed by atoms with Gasteiger partial charge >= 0.3 is 0 Å². The third-order valence-electron chi connectivity index (χ3n) is 4.63. The maximum atomic E-state index is 12.5. The molecule has 0 atom stereocenters. The van der Waals surface area contributed by atoms with Crippen LogP contribution in [0.4, 0.5) is 5.69 Å². The summed E-state index contributed by atoms with van der Waals surface area (Å²) in [5.41, 5.74) is 1.45. The van der Waals surface area contributed by atoms with Crippen LogP contribution in [0.1, 0.15) is 18.4 Å². The van der Waals surface area contributed by atoms with E-state index in [0.717, 1.165) is 5.56 Å². The molecule has 0 bridgehead atoms. The Labute approximate surface area is 163 Å². The van der Waals surface area contributed by atoms with Crippen LogP contribution in [0, 0.1) is 5.92 Å². The fourth-order valence-corrected chi connectivity index (χ4v) is 3.61. The zero-order valence-corrected chi connectivity index (χ0v) is 15.8. The summed E-state index contributed by atoms with van der Waals surface area (Å²) >= 11 is 12.2. The highest BCUT2D eigenvalue weighted by molar-refractivity contribution is 6.39. The van der Waals surface area contributed by atoms with Gasteiger partial charge in [-0.25, -0.2) is 0 Å². The molecule has 0 unspecified atom stereocenters. The lowest BCUT2D eigenvalue weighted by Crippen LogP contribution is -2.42. The average molecular weight is 391 g/mol. The summed E-state index contributed by atoms with van der Waals surface area (Å²) in [5.74, 6) is -0.150. The first-order valence-electron chi connectivity index (χ1n) is 8.61. The summed E-state index contributed by atoms with van der Waals surface area (Å²) < 4.78 is 0. The van der Waals surface area contributed by atoms with E-state index < -0.39 is 0 Å². The van der Waals surface area contributed by atoms with Gasteiger partial charge in [-0.1, -0.05) is 59.6 Å². The van der Waals surface area contributed by atoms with Crippen LogP contribution in [0.25, 0.3) is 0 Å². The van der Waals surface area contributed by atoms with E-state index in [9.17, 15) is 9.59 Å². The smallest absolute Gasteiger partial charge is 0.227 e. The summed E-state index contributed by atoms with van der Waals surface area (Å²) in [4.78, 5) is 26.8. The first-order chi connectivity index (χ1) is 12.5. The number of benzene rings is 2. The number of hydrogen-bond acceptors (Lipinski definition) is 2. The van der Waals surface area contributed by atoms with Gasteiger partial charge in [0, 0.05) is 19.0 Å². The van der Waals surface area contributed by atoms with Gasteiger partial charge < -0.3 is 10.2 Å². The summed E-state index contributed by atoms with van der Waals surface area (Å²) in [7, 11) is 0. The standard InChI is InChI=1S/C20H20Cl2N2O2/c21-16-7-4-8-17(22)19(16)23-20(26)15-9-11-24(12-10-15)18(25)13-14-5-2-1-3-6-14/h1-8,15H,9-13H2,(H,23,26). The van der Waals surface area contributed by atoms with Crippen molar-refractivity contribution < 1.29 is 9.59 Å². The fraction of sp³-hybridized carbons (Fsp3) is 0.300. The maximum absolute atomic E-state index is 12.5. The van der Waals surface area contributed by atoms with Crippen LogP contribution in [0.15, 0.2) is 48.5 Å². The number of rotatable bonds is 4. The Kier molecular flexibility index (Phi) is 6.17. The molecule has 136 valence electrons. The third-order valence-corrected chi connectivity index (χ3v) is 5.26. The molecule has 1 N–H and O–H groups in total. The molecule has 4 nitrogen and oxygen atoms in total. The molecule has 1 aliphatic heterocycles. The van der Waals surface area contributed by atoms with Gasteiger partial charge in [0.1, 0.15) is 0 Å². The van der Waals surface area contributed by atoms with Gasteiger partial charge in [0.05, 0.1) is 22.2 Å². The molecule has 0 saturated carbocycles. The lowest BCUT2D eigenvalue weighted by Gasteiger charge is -2.31. The van der Waals surface area contributed by atoms with Crippen molar-refractivity contribution in [2.24, 2.45) is 5.92 Å². The number of amides is 2. The molecule has 0 spiro atoms. The summed E-state index contributed by atoms with van der Waals surface area (Å²) in [6.45, 7) is 1.17. The Hall–Kier alpha value is -2.04. The molecule has 1 fully saturated rings. The number of halogens is 2. The van der Waals surface area contributed by atoms with E-state index in [1.165, 1.54) is 0 Å². The maximum Gasteiger partial charge on any atom is 0.227 e. The van der Waals surface area contributed by atoms with Crippen molar-refractivity contribution in [1.29, 1.82) is 0 Å². The highest BCUT2D eigenvalue weighted by Crippen LogP contribution is 2.31. The zero-order chi connectivity index (χ0) is 18.5. The molecule has 2 aromatic rings. The van der Waals surface area contributed by atoms with Gasteiger partial charge in [0.15, 0.2) is 0 Å². The van der Waals surface area contributed by atoms with Crippen LogP contribution in [0.5, 0.6) is 0 Å². The topological polar surface area (TPSA) is 49.4 Å². The van der Waals surface area contributed by atoms with Crippen molar-refractivity contribution in [2.75, 3.05) is 18.4 Å². The number of nitrogens with zero attached hydrogens (tertiary/aromatic N) is 1. The van der Waals surface area contributed by atoms with E-state index >= 15 is 0 Å². The Balaban J connectivity index is 1.53. The van der Waals surface area contributed by atoms with Crippen LogP contribution in [0.3, 0.4) is 0 Å². The zero-order valence-electron chi connectivity index (χ0n) is 14.3. The van der Waals surface area contributed by atoms with Gasteiger partial charge in [0.25, 0.3) is 0 Å². The van der Waals surface area contributed by atoms with Gasteiger partial charge in [-0.3, -0.25) is 9.59 Å². The van der Waals surface area contributed by atoms with E-state index in [1.807, 2.05) is 35.2 Å². The van der Waals surface area contributed by atoms with Crippen molar-refractivity contribution >= 4 is 40.7 Å². The average Bonchev–Trinajstić information content (AvgIpc) is 2.65. The van der Waals surface area contributed by atoms with Gasteiger partial charge in [-0.2, -0.15) is 0 Å². The first kappa shape index (κ1) is 18.7. The highest BCUT2D eigenvalue weighted by atomic mass is 35.5. The van der Waals surface area contributed by atoms with Gasteiger partial charge in [0.2, 0.25) is 11.8 Å². The molecule has 6 heteroatoms. The molecular formula is C20H20Cl2N2O2. The molecule has 1 aliphatic rings. The number of anilines is 1. The summed E-state index contributed by atoms with van der Waals surface area (Å²) in [6.07, 6.45) is 1.66. The molecule has 0 aliphatic carbocycles. The first-order valence-corrected chi connectivity index (χ1v) is 9.37. The van der Waals surface area contributed by atoms with Crippen molar-refractivity contribution in [3.63, 3.8) is 0 Å². The number of likely N-dealkylation sites (tertiary alicyclic amines) is 1. The molecule has 26 heavy (non-hydrogen) atoms. The van der Waals surface area contributed by atoms with Crippen molar-refractivity contribution in [1.82, 2.24) is 4.90 Å². The number of carbonyl (C=O) groups is 2. The Morgan fingerprint density at radius 1 is 0.962 bits per heavy atom. The predicted molar refractivity (Wildman–Crippen MR) is 105 cm³/mol. The SMILES string of the molecule is O=C(Nc1c(Cl)cccc1Cl)C1CCN(C(=O)Cc2ccccc2)CC1. The van der Waals surface area contributed by atoms with Gasteiger partial charge in [-0.05, 0) is 30.5 Å². The molecule has 2 amide bonds. The second-order valence-corrected chi connectivity index (χ2v) is 7.22. The van der Waals surface area contributed by atoms with Crippen LogP contribution in [-0.2, 0) is 16.0 Å². The van der Waals surface area contributed by atoms with Crippen LogP contribution < -0.4 is 5.32 Å². The van der Waals surface area contributed by atoms with Crippen LogP contribution >= 0.6 is 23.2 Å². The van der Waals surface area contributed by atoms with Crippen molar-refractivity contribution in [3.8, 4) is 0 Å². The number of carbonyl (C=O) groups excluding carboxylic acids is 2. The van der Waals surface area contributed by atoms with E-state index in [-0.39, 0.29) is 17.7 Å². The summed E-state index contributed by atoms with van der Waals surface area (Å²) in [5, 5.41) is 3.66. The Morgan fingerprint density at radius 2 is 1.58 bits per heavy atom. The summed E-state index contributed by atoms with van der Waals surface area (Å²) in [6, 6.07) is 14.8. The molecule has 0 radical (unpaired) electrons. The Morgan fingerprint density at radius 3 is 2.19 bits per heavy atom. The number of nitrogens with one attached hydrogen (secondary N) is 1. The third kappa shape index (κ3) is 4.57. The highest BCUT2D eigenvalue weighted by Gasteiger charge is 2.28.